The van der Waals surface area contributed by atoms with Gasteiger partial charge in [0.05, 0.1) is 11.5 Å². The van der Waals surface area contributed by atoms with Crippen LogP contribution in [0.3, 0.4) is 0 Å². The van der Waals surface area contributed by atoms with Crippen LogP contribution in [0.25, 0.3) is 0 Å². The molecule has 0 unspecified atom stereocenters. The van der Waals surface area contributed by atoms with Crippen LogP contribution in [0.1, 0.15) is 26.2 Å². The Morgan fingerprint density at radius 3 is 2.57 bits per heavy atom. The van der Waals surface area contributed by atoms with E-state index in [0.29, 0.717) is 6.54 Å². The van der Waals surface area contributed by atoms with E-state index in [0.717, 1.165) is 31.0 Å². The molecule has 0 spiro atoms. The smallest absolute Gasteiger partial charge is 0.313 e. The molecule has 82 valence electrons. The molecule has 4 nitrogen and oxygen atoms in total. The minimum atomic E-state index is -0.881. The third kappa shape index (κ3) is 9.38. The summed E-state index contributed by atoms with van der Waals surface area (Å²) in [5.74, 6) is -0.734. The van der Waals surface area contributed by atoms with Crippen molar-refractivity contribution in [1.82, 2.24) is 5.32 Å². The second kappa shape index (κ2) is 8.87. The van der Waals surface area contributed by atoms with Gasteiger partial charge < -0.3 is 10.4 Å². The Morgan fingerprint density at radius 1 is 1.29 bits per heavy atom. The molecule has 0 fully saturated rings. The number of carbonyl (C=O) groups excluding carboxylic acids is 1. The summed E-state index contributed by atoms with van der Waals surface area (Å²) in [4.78, 5) is 21.2. The molecule has 14 heavy (non-hydrogen) atoms. The lowest BCUT2D eigenvalue weighted by molar-refractivity contribution is -0.133. The summed E-state index contributed by atoms with van der Waals surface area (Å²) in [5.41, 5.74) is 0. The Bertz CT molecular complexity index is 185. The van der Waals surface area contributed by atoms with Gasteiger partial charge in [0.15, 0.2) is 0 Å². The summed E-state index contributed by atoms with van der Waals surface area (Å²) in [7, 11) is 0. The Labute approximate surface area is 88.4 Å². The van der Waals surface area contributed by atoms with E-state index in [4.69, 9.17) is 5.11 Å². The number of carboxylic acids is 1. The number of rotatable bonds is 8. The number of hydrogen-bond donors (Lipinski definition) is 2. The molecule has 0 atom stereocenters. The Balaban J connectivity index is 3.24. The van der Waals surface area contributed by atoms with E-state index in [1.165, 1.54) is 0 Å². The summed E-state index contributed by atoms with van der Waals surface area (Å²) in [5, 5.41) is 11.1. The van der Waals surface area contributed by atoms with E-state index in [9.17, 15) is 9.59 Å². The van der Waals surface area contributed by atoms with Crippen molar-refractivity contribution in [2.24, 2.45) is 0 Å². The molecule has 0 aromatic rings. The topological polar surface area (TPSA) is 66.4 Å². The summed E-state index contributed by atoms with van der Waals surface area (Å²) < 4.78 is 0. The molecule has 0 radical (unpaired) electrons. The molecular weight excluding hydrogens is 202 g/mol. The van der Waals surface area contributed by atoms with Gasteiger partial charge in [-0.25, -0.2) is 0 Å². The van der Waals surface area contributed by atoms with Crippen molar-refractivity contribution in [2.75, 3.05) is 18.1 Å². The molecule has 0 aliphatic carbocycles. The van der Waals surface area contributed by atoms with Gasteiger partial charge in [-0.2, -0.15) is 0 Å². The van der Waals surface area contributed by atoms with Gasteiger partial charge in [-0.3, -0.25) is 9.59 Å². The van der Waals surface area contributed by atoms with Gasteiger partial charge >= 0.3 is 5.97 Å². The lowest BCUT2D eigenvalue weighted by Gasteiger charge is -2.03. The SMILES string of the molecule is CCCCCNC(=O)CSCC(=O)O. The zero-order valence-electron chi connectivity index (χ0n) is 8.41. The van der Waals surface area contributed by atoms with Crippen molar-refractivity contribution in [2.45, 2.75) is 26.2 Å². The molecule has 0 aromatic carbocycles. The molecular formula is C9H17NO3S. The van der Waals surface area contributed by atoms with Crippen LogP contribution in [0.2, 0.25) is 0 Å². The first kappa shape index (κ1) is 13.3. The summed E-state index contributed by atoms with van der Waals surface area (Å²) in [6, 6.07) is 0. The van der Waals surface area contributed by atoms with Crippen LogP contribution < -0.4 is 5.32 Å². The van der Waals surface area contributed by atoms with Crippen molar-refractivity contribution >= 4 is 23.6 Å². The summed E-state index contributed by atoms with van der Waals surface area (Å²) in [6.45, 7) is 2.80. The van der Waals surface area contributed by atoms with E-state index in [2.05, 4.69) is 12.2 Å². The molecule has 0 aromatic heterocycles. The van der Waals surface area contributed by atoms with E-state index in [-0.39, 0.29) is 17.4 Å². The second-order valence-electron chi connectivity index (χ2n) is 2.94. The van der Waals surface area contributed by atoms with Crippen LogP contribution in [0.5, 0.6) is 0 Å². The molecule has 5 heteroatoms. The maximum atomic E-state index is 11.1. The predicted octanol–water partition coefficient (Wildman–Crippen LogP) is 1.11. The van der Waals surface area contributed by atoms with Crippen LogP contribution in [0, 0.1) is 0 Å². The van der Waals surface area contributed by atoms with Crippen LogP contribution in [0.4, 0.5) is 0 Å². The van der Waals surface area contributed by atoms with Gasteiger partial charge in [-0.15, -0.1) is 11.8 Å². The van der Waals surface area contributed by atoms with Gasteiger partial charge in [0.1, 0.15) is 0 Å². The van der Waals surface area contributed by atoms with E-state index >= 15 is 0 Å². The standard InChI is InChI=1S/C9H17NO3S/c1-2-3-4-5-10-8(11)6-14-7-9(12)13/h2-7H2,1H3,(H,10,11)(H,12,13). The van der Waals surface area contributed by atoms with Gasteiger partial charge in [0, 0.05) is 6.54 Å². The lowest BCUT2D eigenvalue weighted by Crippen LogP contribution is -2.26. The lowest BCUT2D eigenvalue weighted by atomic mass is 10.2. The third-order valence-corrected chi connectivity index (χ3v) is 2.48. The number of thioether (sulfide) groups is 1. The van der Waals surface area contributed by atoms with Crippen molar-refractivity contribution in [3.63, 3.8) is 0 Å². The van der Waals surface area contributed by atoms with Gasteiger partial charge in [-0.1, -0.05) is 19.8 Å². The monoisotopic (exact) mass is 219 g/mol. The summed E-state index contributed by atoms with van der Waals surface area (Å²) >= 11 is 1.12. The number of unbranched alkanes of at least 4 members (excludes halogenated alkanes) is 2. The number of carbonyl (C=O) groups is 2. The average Bonchev–Trinajstić information content (AvgIpc) is 2.12. The predicted molar refractivity (Wildman–Crippen MR) is 57.5 cm³/mol. The minimum absolute atomic E-state index is 0.0115. The van der Waals surface area contributed by atoms with Gasteiger partial charge in [0.25, 0.3) is 0 Å². The van der Waals surface area contributed by atoms with Crippen molar-refractivity contribution in [1.29, 1.82) is 0 Å². The first-order valence-electron chi connectivity index (χ1n) is 4.73. The van der Waals surface area contributed by atoms with E-state index < -0.39 is 5.97 Å². The number of hydrogen-bond acceptors (Lipinski definition) is 3. The fourth-order valence-electron chi connectivity index (χ4n) is 0.885. The number of aliphatic carboxylic acids is 1. The quantitative estimate of drug-likeness (QED) is 0.600. The Kier molecular flexibility index (Phi) is 8.42. The van der Waals surface area contributed by atoms with Crippen molar-refractivity contribution < 1.29 is 14.7 Å². The Hall–Kier alpha value is -0.710. The van der Waals surface area contributed by atoms with Crippen LogP contribution in [0.15, 0.2) is 0 Å². The zero-order chi connectivity index (χ0) is 10.8. The molecule has 0 saturated carbocycles. The average molecular weight is 219 g/mol. The summed E-state index contributed by atoms with van der Waals surface area (Å²) in [6.07, 6.45) is 3.23. The highest BCUT2D eigenvalue weighted by atomic mass is 32.2. The number of amides is 1. The molecule has 0 saturated heterocycles. The molecule has 2 N–H and O–H groups in total. The highest BCUT2D eigenvalue weighted by molar-refractivity contribution is 8.00. The van der Waals surface area contributed by atoms with Crippen molar-refractivity contribution in [3.8, 4) is 0 Å². The molecule has 1 amide bonds. The maximum Gasteiger partial charge on any atom is 0.313 e. The number of carboxylic acid groups (broad SMARTS) is 1. The maximum absolute atomic E-state index is 11.1. The first-order chi connectivity index (χ1) is 6.66. The molecule has 0 rings (SSSR count). The minimum Gasteiger partial charge on any atom is -0.481 e. The highest BCUT2D eigenvalue weighted by Crippen LogP contribution is 1.98. The van der Waals surface area contributed by atoms with Crippen LogP contribution in [-0.2, 0) is 9.59 Å². The van der Waals surface area contributed by atoms with Gasteiger partial charge in [0.2, 0.25) is 5.91 Å². The van der Waals surface area contributed by atoms with Gasteiger partial charge in [-0.05, 0) is 6.42 Å². The fraction of sp³-hybridized carbons (Fsp3) is 0.778. The van der Waals surface area contributed by atoms with E-state index in [1.807, 2.05) is 0 Å². The third-order valence-electron chi connectivity index (χ3n) is 1.56. The van der Waals surface area contributed by atoms with Crippen LogP contribution in [-0.4, -0.2) is 35.0 Å². The largest absolute Gasteiger partial charge is 0.481 e. The number of nitrogens with one attached hydrogen (secondary N) is 1. The van der Waals surface area contributed by atoms with Crippen LogP contribution >= 0.6 is 11.8 Å². The highest BCUT2D eigenvalue weighted by Gasteiger charge is 2.02. The first-order valence-corrected chi connectivity index (χ1v) is 5.88. The normalized spacial score (nSPS) is 9.79. The van der Waals surface area contributed by atoms with E-state index in [1.54, 1.807) is 0 Å². The molecule has 0 heterocycles. The fourth-order valence-corrected chi connectivity index (χ4v) is 1.45. The Morgan fingerprint density at radius 2 is 2.00 bits per heavy atom. The van der Waals surface area contributed by atoms with Crippen molar-refractivity contribution in [3.05, 3.63) is 0 Å². The molecule has 0 aliphatic rings. The second-order valence-corrected chi connectivity index (χ2v) is 3.93. The molecule has 0 bridgehead atoms. The zero-order valence-corrected chi connectivity index (χ0v) is 9.23. The molecule has 0 aliphatic heterocycles.